The summed E-state index contributed by atoms with van der Waals surface area (Å²) < 4.78 is 14.9. The van der Waals surface area contributed by atoms with Crippen LogP contribution in [0.2, 0.25) is 0 Å². The van der Waals surface area contributed by atoms with E-state index >= 15 is 0 Å². The van der Waals surface area contributed by atoms with Crippen molar-refractivity contribution in [3.05, 3.63) is 36.2 Å². The van der Waals surface area contributed by atoms with Crippen LogP contribution in [-0.2, 0) is 0 Å². The highest BCUT2D eigenvalue weighted by Gasteiger charge is 2.27. The molecule has 3 aromatic heterocycles. The molecule has 170 valence electrons. The first-order valence-electron chi connectivity index (χ1n) is 11.3. The molecule has 2 fully saturated rings. The second-order valence-corrected chi connectivity index (χ2v) is 8.66. The van der Waals surface area contributed by atoms with E-state index in [2.05, 4.69) is 30.6 Å². The highest BCUT2D eigenvalue weighted by atomic mass is 19.1. The molecule has 1 aliphatic heterocycles. The van der Waals surface area contributed by atoms with Gasteiger partial charge in [-0.05, 0) is 44.6 Å². The molecule has 2 amide bonds. The van der Waals surface area contributed by atoms with E-state index in [-0.39, 0.29) is 29.5 Å². The Labute approximate surface area is 190 Å². The number of halogens is 1. The van der Waals surface area contributed by atoms with Crippen molar-refractivity contribution in [2.24, 2.45) is 0 Å². The maximum absolute atomic E-state index is 14.9. The number of aromatic nitrogens is 4. The smallest absolute Gasteiger partial charge is 0.317 e. The van der Waals surface area contributed by atoms with Crippen LogP contribution in [0, 0.1) is 17.1 Å². The summed E-state index contributed by atoms with van der Waals surface area (Å²) in [6.45, 7) is 1.62. The van der Waals surface area contributed by atoms with Gasteiger partial charge in [-0.25, -0.2) is 24.1 Å². The molecule has 33 heavy (non-hydrogen) atoms. The number of H-pyrrole nitrogens is 1. The molecule has 9 nitrogen and oxygen atoms in total. The average molecular weight is 449 g/mol. The molecule has 2 atom stereocenters. The van der Waals surface area contributed by atoms with Crippen molar-refractivity contribution >= 4 is 22.9 Å². The summed E-state index contributed by atoms with van der Waals surface area (Å²) in [4.78, 5) is 30.1. The minimum Gasteiger partial charge on any atom is -0.365 e. The van der Waals surface area contributed by atoms with E-state index in [1.54, 1.807) is 12.4 Å². The van der Waals surface area contributed by atoms with E-state index in [1.807, 2.05) is 11.0 Å². The first-order chi connectivity index (χ1) is 16.1. The van der Waals surface area contributed by atoms with Gasteiger partial charge in [0, 0.05) is 48.5 Å². The number of nitrogens with one attached hydrogen (secondary N) is 3. The summed E-state index contributed by atoms with van der Waals surface area (Å²) >= 11 is 0. The molecular weight excluding hydrogens is 423 g/mol. The fourth-order valence-electron chi connectivity index (χ4n) is 4.77. The number of amides is 2. The Balaban J connectivity index is 1.35. The topological polar surface area (TPSA) is 123 Å². The van der Waals surface area contributed by atoms with Crippen LogP contribution in [0.5, 0.6) is 0 Å². The third-order valence-corrected chi connectivity index (χ3v) is 6.44. The van der Waals surface area contributed by atoms with Gasteiger partial charge in [-0.3, -0.25) is 0 Å². The zero-order valence-corrected chi connectivity index (χ0v) is 18.1. The molecule has 4 heterocycles. The Kier molecular flexibility index (Phi) is 5.77. The van der Waals surface area contributed by atoms with Crippen LogP contribution in [0.3, 0.4) is 0 Å². The molecule has 1 saturated carbocycles. The maximum atomic E-state index is 14.9. The van der Waals surface area contributed by atoms with Crippen molar-refractivity contribution in [2.45, 2.75) is 50.6 Å². The third kappa shape index (κ3) is 4.31. The van der Waals surface area contributed by atoms with Crippen LogP contribution in [-0.4, -0.2) is 56.0 Å². The van der Waals surface area contributed by atoms with Crippen molar-refractivity contribution in [3.8, 4) is 17.3 Å². The first kappa shape index (κ1) is 21.1. The monoisotopic (exact) mass is 448 g/mol. The number of carbonyl (C=O) groups is 1. The number of hydrogen-bond acceptors (Lipinski definition) is 6. The molecule has 10 heteroatoms. The SMILES string of the molecule is N#Cc1cc(F)c(N[C@@H]2CCC[C@H](NC(=O)N3CCCC3)C2)nc1-c1c[nH]c2ncncc12. The first-order valence-corrected chi connectivity index (χ1v) is 11.3. The summed E-state index contributed by atoms with van der Waals surface area (Å²) in [6, 6.07) is 3.25. The predicted molar refractivity (Wildman–Crippen MR) is 121 cm³/mol. The molecule has 0 unspecified atom stereocenters. The van der Waals surface area contributed by atoms with Gasteiger partial charge in [-0.1, -0.05) is 0 Å². The lowest BCUT2D eigenvalue weighted by molar-refractivity contribution is 0.199. The third-order valence-electron chi connectivity index (χ3n) is 6.44. The van der Waals surface area contributed by atoms with Gasteiger partial charge in [0.25, 0.3) is 0 Å². The lowest BCUT2D eigenvalue weighted by Crippen LogP contribution is -2.47. The van der Waals surface area contributed by atoms with Gasteiger partial charge in [0.1, 0.15) is 18.0 Å². The lowest BCUT2D eigenvalue weighted by Gasteiger charge is -2.32. The Bertz CT molecular complexity index is 1210. The summed E-state index contributed by atoms with van der Waals surface area (Å²) in [5.41, 5.74) is 1.78. The van der Waals surface area contributed by atoms with Gasteiger partial charge in [0.05, 0.1) is 11.3 Å². The number of carbonyl (C=O) groups excluding carboxylic acids is 1. The molecule has 0 spiro atoms. The molecule has 0 aromatic carbocycles. The summed E-state index contributed by atoms with van der Waals surface area (Å²) in [6.07, 6.45) is 10.3. The van der Waals surface area contributed by atoms with Crippen LogP contribution >= 0.6 is 0 Å². The number of hydrogen-bond donors (Lipinski definition) is 3. The Hall–Kier alpha value is -3.74. The van der Waals surface area contributed by atoms with Crippen LogP contribution in [0.25, 0.3) is 22.3 Å². The van der Waals surface area contributed by atoms with Crippen molar-refractivity contribution in [1.29, 1.82) is 5.26 Å². The van der Waals surface area contributed by atoms with Crippen molar-refractivity contribution in [3.63, 3.8) is 0 Å². The Morgan fingerprint density at radius 3 is 2.88 bits per heavy atom. The second-order valence-electron chi connectivity index (χ2n) is 8.66. The number of aromatic amines is 1. The number of likely N-dealkylation sites (tertiary alicyclic amines) is 1. The zero-order chi connectivity index (χ0) is 22.8. The molecule has 3 N–H and O–H groups in total. The number of nitriles is 1. The number of anilines is 1. The standard InChI is InChI=1S/C23H25FN8O/c24-19-8-14(10-25)20(17-12-27-21-18(17)11-26-13-28-21)31-22(19)29-15-4-3-5-16(9-15)30-23(33)32-6-1-2-7-32/h8,11-13,15-16H,1-7,9H2,(H,29,31)(H,30,33)(H,26,27,28)/t15-,16+/m1/s1. The normalized spacial score (nSPS) is 20.5. The second kappa shape index (κ2) is 9.02. The minimum absolute atomic E-state index is 0.00957. The quantitative estimate of drug-likeness (QED) is 0.561. The van der Waals surface area contributed by atoms with Gasteiger partial charge >= 0.3 is 6.03 Å². The number of urea groups is 1. The summed E-state index contributed by atoms with van der Waals surface area (Å²) in [7, 11) is 0. The van der Waals surface area contributed by atoms with Crippen LogP contribution in [0.4, 0.5) is 15.0 Å². The van der Waals surface area contributed by atoms with Crippen LogP contribution < -0.4 is 10.6 Å². The van der Waals surface area contributed by atoms with E-state index in [0.717, 1.165) is 45.2 Å². The molecule has 0 bridgehead atoms. The van der Waals surface area contributed by atoms with E-state index in [1.165, 1.54) is 12.4 Å². The number of nitrogens with zero attached hydrogens (tertiary/aromatic N) is 5. The lowest BCUT2D eigenvalue weighted by atomic mass is 9.91. The average Bonchev–Trinajstić information content (AvgIpc) is 3.51. The van der Waals surface area contributed by atoms with E-state index < -0.39 is 5.82 Å². The molecule has 0 radical (unpaired) electrons. The van der Waals surface area contributed by atoms with Crippen molar-refractivity contribution in [2.75, 3.05) is 18.4 Å². The van der Waals surface area contributed by atoms with Crippen LogP contribution in [0.1, 0.15) is 44.1 Å². The molecular formula is C23H25FN8O. The van der Waals surface area contributed by atoms with Gasteiger partial charge in [-0.2, -0.15) is 5.26 Å². The fraction of sp³-hybridized carbons (Fsp3) is 0.435. The highest BCUT2D eigenvalue weighted by molar-refractivity contribution is 5.93. The Morgan fingerprint density at radius 2 is 2.06 bits per heavy atom. The minimum atomic E-state index is -0.574. The fourth-order valence-corrected chi connectivity index (χ4v) is 4.77. The van der Waals surface area contributed by atoms with E-state index in [0.29, 0.717) is 28.7 Å². The molecule has 1 aliphatic carbocycles. The summed E-state index contributed by atoms with van der Waals surface area (Å²) in [5.74, 6) is -0.471. The summed E-state index contributed by atoms with van der Waals surface area (Å²) in [5, 5.41) is 16.6. The molecule has 1 saturated heterocycles. The van der Waals surface area contributed by atoms with Crippen LogP contribution in [0.15, 0.2) is 24.8 Å². The van der Waals surface area contributed by atoms with E-state index in [9.17, 15) is 14.4 Å². The number of pyridine rings is 1. The molecule has 5 rings (SSSR count). The zero-order valence-electron chi connectivity index (χ0n) is 18.1. The van der Waals surface area contributed by atoms with Crippen molar-refractivity contribution < 1.29 is 9.18 Å². The highest BCUT2D eigenvalue weighted by Crippen LogP contribution is 2.31. The van der Waals surface area contributed by atoms with Gasteiger partial charge < -0.3 is 20.5 Å². The molecule has 2 aliphatic rings. The molecule has 3 aromatic rings. The largest absolute Gasteiger partial charge is 0.365 e. The number of fused-ring (bicyclic) bond motifs is 1. The van der Waals surface area contributed by atoms with Gasteiger partial charge in [-0.15, -0.1) is 0 Å². The maximum Gasteiger partial charge on any atom is 0.317 e. The Morgan fingerprint density at radius 1 is 1.24 bits per heavy atom. The predicted octanol–water partition coefficient (Wildman–Crippen LogP) is 3.56. The van der Waals surface area contributed by atoms with Crippen molar-refractivity contribution in [1.82, 2.24) is 30.2 Å². The van der Waals surface area contributed by atoms with E-state index in [4.69, 9.17) is 0 Å². The number of rotatable bonds is 4. The van der Waals surface area contributed by atoms with Gasteiger partial charge in [0.15, 0.2) is 11.6 Å². The van der Waals surface area contributed by atoms with Gasteiger partial charge in [0.2, 0.25) is 0 Å².